The van der Waals surface area contributed by atoms with Gasteiger partial charge in [0, 0.05) is 29.9 Å². The van der Waals surface area contributed by atoms with E-state index < -0.39 is 12.5 Å². The Labute approximate surface area is 131 Å². The van der Waals surface area contributed by atoms with Crippen molar-refractivity contribution >= 4 is 11.5 Å². The fraction of sp³-hybridized carbons (Fsp3) is 0.438. The van der Waals surface area contributed by atoms with Gasteiger partial charge in [0.25, 0.3) is 0 Å². The lowest BCUT2D eigenvalue weighted by Crippen LogP contribution is -2.33. The van der Waals surface area contributed by atoms with Crippen molar-refractivity contribution in [2.45, 2.75) is 39.2 Å². The lowest BCUT2D eigenvalue weighted by molar-refractivity contribution is -0.253. The van der Waals surface area contributed by atoms with Gasteiger partial charge in [0.05, 0.1) is 0 Å². The van der Waals surface area contributed by atoms with Gasteiger partial charge in [-0.1, -0.05) is 19.9 Å². The highest BCUT2D eigenvalue weighted by Gasteiger charge is 2.44. The number of ketones is 1. The molecule has 3 nitrogen and oxygen atoms in total. The Morgan fingerprint density at radius 3 is 2.57 bits per heavy atom. The van der Waals surface area contributed by atoms with Gasteiger partial charge in [-0.15, -0.1) is 0 Å². The van der Waals surface area contributed by atoms with Gasteiger partial charge in [-0.25, -0.2) is 0 Å². The molecule has 1 aromatic rings. The molecule has 23 heavy (non-hydrogen) atoms. The number of carbonyl (C=O) groups is 1. The van der Waals surface area contributed by atoms with Crippen molar-refractivity contribution < 1.29 is 27.1 Å². The number of hydrogen-bond donors (Lipinski definition) is 1. The average molecular weight is 331 g/mol. The summed E-state index contributed by atoms with van der Waals surface area (Å²) in [5, 5.41) is 2.95. The summed E-state index contributed by atoms with van der Waals surface area (Å²) < 4.78 is 54.2. The molecule has 7 heteroatoms. The minimum Gasteiger partial charge on any atom is -0.428 e. The zero-order valence-corrected chi connectivity index (χ0v) is 12.7. The second kappa shape index (κ2) is 6.22. The molecule has 0 aliphatic heterocycles. The molecule has 0 saturated carbocycles. The van der Waals surface area contributed by atoms with Crippen LogP contribution in [0.3, 0.4) is 0 Å². The van der Waals surface area contributed by atoms with E-state index in [1.807, 2.05) is 13.8 Å². The van der Waals surface area contributed by atoms with E-state index in [-0.39, 0.29) is 16.9 Å². The van der Waals surface area contributed by atoms with E-state index in [1.165, 1.54) is 18.2 Å². The van der Waals surface area contributed by atoms with Gasteiger partial charge in [0.1, 0.15) is 5.75 Å². The van der Waals surface area contributed by atoms with Crippen molar-refractivity contribution in [3.8, 4) is 5.75 Å². The third-order valence-corrected chi connectivity index (χ3v) is 3.30. The number of anilines is 1. The minimum atomic E-state index is -4.55. The van der Waals surface area contributed by atoms with Crippen LogP contribution < -0.4 is 10.1 Å². The van der Waals surface area contributed by atoms with Crippen LogP contribution in [0.4, 0.5) is 23.2 Å². The summed E-state index contributed by atoms with van der Waals surface area (Å²) in [6, 6.07) is 5.31. The Bertz CT molecular complexity index is 626. The number of allylic oxidation sites excluding steroid dienone is 2. The fourth-order valence-corrected chi connectivity index (χ4v) is 2.45. The summed E-state index contributed by atoms with van der Waals surface area (Å²) in [7, 11) is 0. The van der Waals surface area contributed by atoms with Crippen LogP contribution >= 0.6 is 0 Å². The van der Waals surface area contributed by atoms with Crippen molar-refractivity contribution in [3.05, 3.63) is 36.0 Å². The number of carbonyl (C=O) groups excluding carboxylic acids is 1. The lowest BCUT2D eigenvalue weighted by Gasteiger charge is -2.29. The molecule has 126 valence electrons. The molecule has 2 rings (SSSR count). The molecule has 1 N–H and O–H groups in total. The smallest absolute Gasteiger partial charge is 0.428 e. The van der Waals surface area contributed by atoms with Crippen LogP contribution in [0.15, 0.2) is 36.0 Å². The van der Waals surface area contributed by atoms with Crippen LogP contribution in [0.2, 0.25) is 0 Å². The van der Waals surface area contributed by atoms with E-state index in [9.17, 15) is 22.4 Å². The van der Waals surface area contributed by atoms with E-state index in [1.54, 1.807) is 6.07 Å². The van der Waals surface area contributed by atoms with Gasteiger partial charge < -0.3 is 10.1 Å². The molecule has 0 bridgehead atoms. The van der Waals surface area contributed by atoms with Crippen molar-refractivity contribution in [3.63, 3.8) is 0 Å². The summed E-state index contributed by atoms with van der Waals surface area (Å²) in [5.41, 5.74) is 0.818. The quantitative estimate of drug-likeness (QED) is 0.801. The van der Waals surface area contributed by atoms with E-state index in [2.05, 4.69) is 10.1 Å². The Morgan fingerprint density at radius 2 is 1.96 bits per heavy atom. The topological polar surface area (TPSA) is 38.3 Å². The maximum absolute atomic E-state index is 12.9. The SMILES string of the molecule is CC1(C)CC(=O)C=C(Nc2cccc(OC(F)(F)C(F)F)c2)C1. The summed E-state index contributed by atoms with van der Waals surface area (Å²) in [6.07, 6.45) is -5.97. The van der Waals surface area contributed by atoms with Gasteiger partial charge in [0.2, 0.25) is 0 Å². The molecule has 1 aromatic carbocycles. The summed E-state index contributed by atoms with van der Waals surface area (Å²) >= 11 is 0. The fourth-order valence-electron chi connectivity index (χ4n) is 2.45. The van der Waals surface area contributed by atoms with E-state index in [0.29, 0.717) is 24.2 Å². The largest absolute Gasteiger partial charge is 0.461 e. The van der Waals surface area contributed by atoms with Crippen LogP contribution in [-0.4, -0.2) is 18.3 Å². The van der Waals surface area contributed by atoms with Crippen LogP contribution in [0.1, 0.15) is 26.7 Å². The Morgan fingerprint density at radius 1 is 1.26 bits per heavy atom. The molecule has 0 amide bonds. The van der Waals surface area contributed by atoms with Crippen molar-refractivity contribution in [2.75, 3.05) is 5.32 Å². The van der Waals surface area contributed by atoms with Gasteiger partial charge in [-0.2, -0.15) is 17.6 Å². The third kappa shape index (κ3) is 4.71. The number of hydrogen-bond acceptors (Lipinski definition) is 3. The predicted octanol–water partition coefficient (Wildman–Crippen LogP) is 4.61. The molecule has 0 radical (unpaired) electrons. The highest BCUT2D eigenvalue weighted by molar-refractivity contribution is 5.92. The molecule has 0 heterocycles. The molecule has 0 fully saturated rings. The maximum atomic E-state index is 12.9. The van der Waals surface area contributed by atoms with Crippen LogP contribution in [-0.2, 0) is 4.79 Å². The zero-order valence-electron chi connectivity index (χ0n) is 12.7. The van der Waals surface area contributed by atoms with E-state index in [4.69, 9.17) is 0 Å². The lowest BCUT2D eigenvalue weighted by atomic mass is 9.79. The number of ether oxygens (including phenoxy) is 1. The van der Waals surface area contributed by atoms with E-state index in [0.717, 1.165) is 6.07 Å². The zero-order chi connectivity index (χ0) is 17.3. The molecular weight excluding hydrogens is 314 g/mol. The summed E-state index contributed by atoms with van der Waals surface area (Å²) in [6.45, 7) is 3.89. The van der Waals surface area contributed by atoms with Gasteiger partial charge in [0.15, 0.2) is 5.78 Å². The first kappa shape index (κ1) is 17.3. The molecule has 0 saturated heterocycles. The Balaban J connectivity index is 2.13. The Kier molecular flexibility index (Phi) is 4.68. The number of rotatable bonds is 5. The molecule has 1 aliphatic rings. The number of halogens is 4. The average Bonchev–Trinajstić information content (AvgIpc) is 2.35. The predicted molar refractivity (Wildman–Crippen MR) is 77.7 cm³/mol. The first-order valence-corrected chi connectivity index (χ1v) is 7.03. The molecule has 0 spiro atoms. The van der Waals surface area contributed by atoms with Gasteiger partial charge in [-0.3, -0.25) is 4.79 Å². The first-order chi connectivity index (χ1) is 10.6. The van der Waals surface area contributed by atoms with E-state index >= 15 is 0 Å². The first-order valence-electron chi connectivity index (χ1n) is 7.03. The number of benzene rings is 1. The molecule has 0 unspecified atom stereocenters. The van der Waals surface area contributed by atoms with Gasteiger partial charge >= 0.3 is 12.5 Å². The van der Waals surface area contributed by atoms with Crippen molar-refractivity contribution in [2.24, 2.45) is 5.41 Å². The van der Waals surface area contributed by atoms with Crippen molar-refractivity contribution in [1.29, 1.82) is 0 Å². The third-order valence-electron chi connectivity index (χ3n) is 3.30. The molecule has 0 aromatic heterocycles. The maximum Gasteiger partial charge on any atom is 0.461 e. The normalized spacial score (nSPS) is 17.9. The number of alkyl halides is 4. The Hall–Kier alpha value is -2.05. The van der Waals surface area contributed by atoms with Gasteiger partial charge in [-0.05, 0) is 24.0 Å². The second-order valence-corrected chi connectivity index (χ2v) is 6.27. The van der Waals surface area contributed by atoms with Crippen molar-refractivity contribution in [1.82, 2.24) is 0 Å². The van der Waals surface area contributed by atoms with Crippen LogP contribution in [0.25, 0.3) is 0 Å². The molecule has 0 atom stereocenters. The second-order valence-electron chi connectivity index (χ2n) is 6.27. The summed E-state index contributed by atoms with van der Waals surface area (Å²) in [5.74, 6) is -0.414. The highest BCUT2D eigenvalue weighted by atomic mass is 19.3. The monoisotopic (exact) mass is 331 g/mol. The standard InChI is InChI=1S/C16H17F4NO2/c1-15(2)8-11(6-12(22)9-15)21-10-4-3-5-13(7-10)23-16(19,20)14(17)18/h3-7,14,21H,8-9H2,1-2H3. The number of nitrogens with one attached hydrogen (secondary N) is 1. The van der Waals surface area contributed by atoms with Crippen LogP contribution in [0, 0.1) is 5.41 Å². The van der Waals surface area contributed by atoms with Crippen LogP contribution in [0.5, 0.6) is 5.75 Å². The molecular formula is C16H17F4NO2. The summed E-state index contributed by atoms with van der Waals surface area (Å²) in [4.78, 5) is 11.7. The minimum absolute atomic E-state index is 0.0274. The molecule has 1 aliphatic carbocycles. The highest BCUT2D eigenvalue weighted by Crippen LogP contribution is 2.35.